The minimum absolute atomic E-state index is 0.370. The highest BCUT2D eigenvalue weighted by molar-refractivity contribution is 5.41. The maximum atomic E-state index is 6.06. The summed E-state index contributed by atoms with van der Waals surface area (Å²) in [5, 5.41) is 0. The molecule has 1 atom stereocenters. The van der Waals surface area contributed by atoms with E-state index in [9.17, 15) is 0 Å². The molecular weight excluding hydrogens is 234 g/mol. The lowest BCUT2D eigenvalue weighted by molar-refractivity contribution is 0.337. The molecule has 0 saturated heterocycles. The number of benzene rings is 1. The average molecular weight is 263 g/mol. The second-order valence-corrected chi connectivity index (χ2v) is 5.42. The monoisotopic (exact) mass is 263 g/mol. The van der Waals surface area contributed by atoms with Gasteiger partial charge in [-0.1, -0.05) is 19.4 Å². The Bertz CT molecular complexity index is 387. The number of aryl methyl sites for hydroxylation is 3. The van der Waals surface area contributed by atoms with E-state index >= 15 is 0 Å². The number of ether oxygens (including phenoxy) is 1. The van der Waals surface area contributed by atoms with Crippen molar-refractivity contribution >= 4 is 0 Å². The first-order valence-corrected chi connectivity index (χ1v) is 7.57. The molecule has 0 spiro atoms. The molecule has 1 aromatic carbocycles. The molecule has 0 fully saturated rings. The van der Waals surface area contributed by atoms with Gasteiger partial charge < -0.3 is 10.5 Å². The van der Waals surface area contributed by atoms with Crippen molar-refractivity contribution in [2.45, 2.75) is 65.8 Å². The van der Waals surface area contributed by atoms with Crippen LogP contribution in [0.25, 0.3) is 0 Å². The van der Waals surface area contributed by atoms with Crippen molar-refractivity contribution in [1.29, 1.82) is 0 Å². The predicted molar refractivity (Wildman–Crippen MR) is 82.9 cm³/mol. The third-order valence-corrected chi connectivity index (χ3v) is 3.61. The normalized spacial score (nSPS) is 12.5. The fraction of sp³-hybridized carbons (Fsp3) is 0.647. The molecule has 0 radical (unpaired) electrons. The number of hydrogen-bond acceptors (Lipinski definition) is 2. The van der Waals surface area contributed by atoms with Crippen molar-refractivity contribution in [3.8, 4) is 5.75 Å². The van der Waals surface area contributed by atoms with Gasteiger partial charge in [-0.15, -0.1) is 0 Å². The Balaban J connectivity index is 2.57. The van der Waals surface area contributed by atoms with E-state index in [1.54, 1.807) is 0 Å². The highest BCUT2D eigenvalue weighted by Gasteiger charge is 2.07. The summed E-state index contributed by atoms with van der Waals surface area (Å²) in [6.45, 7) is 9.24. The first kappa shape index (κ1) is 16.0. The smallest absolute Gasteiger partial charge is 0.122 e. The quantitative estimate of drug-likeness (QED) is 0.764. The van der Waals surface area contributed by atoms with Crippen LogP contribution in [0.2, 0.25) is 0 Å². The van der Waals surface area contributed by atoms with Gasteiger partial charge in [0.15, 0.2) is 0 Å². The summed E-state index contributed by atoms with van der Waals surface area (Å²) in [6.07, 6.45) is 5.75. The molecule has 2 heteroatoms. The Morgan fingerprint density at radius 2 is 1.84 bits per heavy atom. The van der Waals surface area contributed by atoms with Crippen molar-refractivity contribution < 1.29 is 4.74 Å². The van der Waals surface area contributed by atoms with Crippen LogP contribution >= 0.6 is 0 Å². The fourth-order valence-corrected chi connectivity index (χ4v) is 2.50. The van der Waals surface area contributed by atoms with Gasteiger partial charge in [-0.05, 0) is 69.2 Å². The van der Waals surface area contributed by atoms with Crippen molar-refractivity contribution in [2.75, 3.05) is 6.61 Å². The van der Waals surface area contributed by atoms with Crippen molar-refractivity contribution in [3.05, 3.63) is 28.8 Å². The van der Waals surface area contributed by atoms with E-state index in [2.05, 4.69) is 32.9 Å². The first-order chi connectivity index (χ1) is 9.08. The summed E-state index contributed by atoms with van der Waals surface area (Å²) in [5.74, 6) is 1.02. The van der Waals surface area contributed by atoms with Crippen LogP contribution < -0.4 is 10.5 Å². The SMILES string of the molecule is CCCC(N)CCCc1cc(C)c(OCC)cc1C. The Kier molecular flexibility index (Phi) is 6.93. The van der Waals surface area contributed by atoms with E-state index in [1.807, 2.05) is 6.92 Å². The van der Waals surface area contributed by atoms with Gasteiger partial charge in [-0.25, -0.2) is 0 Å². The zero-order valence-corrected chi connectivity index (χ0v) is 13.0. The molecule has 0 aliphatic carbocycles. The zero-order chi connectivity index (χ0) is 14.3. The fourth-order valence-electron chi connectivity index (χ4n) is 2.50. The zero-order valence-electron chi connectivity index (χ0n) is 13.0. The molecule has 19 heavy (non-hydrogen) atoms. The molecule has 0 amide bonds. The molecule has 0 heterocycles. The molecule has 1 rings (SSSR count). The second-order valence-electron chi connectivity index (χ2n) is 5.42. The summed E-state index contributed by atoms with van der Waals surface area (Å²) in [6, 6.07) is 4.81. The Morgan fingerprint density at radius 1 is 1.11 bits per heavy atom. The topological polar surface area (TPSA) is 35.2 Å². The molecule has 2 nitrogen and oxygen atoms in total. The lowest BCUT2D eigenvalue weighted by Crippen LogP contribution is -2.19. The Morgan fingerprint density at radius 3 is 2.47 bits per heavy atom. The highest BCUT2D eigenvalue weighted by atomic mass is 16.5. The maximum absolute atomic E-state index is 6.06. The van der Waals surface area contributed by atoms with Crippen LogP contribution in [0.3, 0.4) is 0 Å². The van der Waals surface area contributed by atoms with E-state index < -0.39 is 0 Å². The molecule has 0 bridgehead atoms. The molecule has 0 aromatic heterocycles. The number of hydrogen-bond donors (Lipinski definition) is 1. The maximum Gasteiger partial charge on any atom is 0.122 e. The summed E-state index contributed by atoms with van der Waals surface area (Å²) in [7, 11) is 0. The van der Waals surface area contributed by atoms with E-state index in [1.165, 1.54) is 29.5 Å². The molecule has 0 saturated carbocycles. The van der Waals surface area contributed by atoms with E-state index in [0.29, 0.717) is 6.04 Å². The lowest BCUT2D eigenvalue weighted by atomic mass is 9.97. The number of nitrogens with two attached hydrogens (primary N) is 1. The molecule has 0 aliphatic heterocycles. The van der Waals surface area contributed by atoms with E-state index in [-0.39, 0.29) is 0 Å². The van der Waals surface area contributed by atoms with Crippen LogP contribution in [0.5, 0.6) is 5.75 Å². The summed E-state index contributed by atoms with van der Waals surface area (Å²) in [4.78, 5) is 0. The van der Waals surface area contributed by atoms with E-state index in [4.69, 9.17) is 10.5 Å². The van der Waals surface area contributed by atoms with Gasteiger partial charge in [0.2, 0.25) is 0 Å². The molecule has 2 N–H and O–H groups in total. The van der Waals surface area contributed by atoms with Crippen molar-refractivity contribution in [3.63, 3.8) is 0 Å². The molecule has 108 valence electrons. The van der Waals surface area contributed by atoms with Gasteiger partial charge in [-0.2, -0.15) is 0 Å². The average Bonchev–Trinajstić information content (AvgIpc) is 2.35. The van der Waals surface area contributed by atoms with Gasteiger partial charge in [0.25, 0.3) is 0 Å². The van der Waals surface area contributed by atoms with Gasteiger partial charge in [-0.3, -0.25) is 0 Å². The minimum atomic E-state index is 0.370. The molecule has 1 unspecified atom stereocenters. The van der Waals surface area contributed by atoms with Crippen LogP contribution in [-0.4, -0.2) is 12.6 Å². The summed E-state index contributed by atoms with van der Waals surface area (Å²) in [5.41, 5.74) is 10.1. The standard InChI is InChI=1S/C17H29NO/c1-5-8-16(18)10-7-9-15-11-14(4)17(19-6-2)12-13(15)3/h11-12,16H,5-10,18H2,1-4H3. The van der Waals surface area contributed by atoms with E-state index in [0.717, 1.165) is 31.6 Å². The van der Waals surface area contributed by atoms with Crippen molar-refractivity contribution in [1.82, 2.24) is 0 Å². The third-order valence-electron chi connectivity index (χ3n) is 3.61. The van der Waals surface area contributed by atoms with Crippen LogP contribution in [0.1, 0.15) is 56.2 Å². The van der Waals surface area contributed by atoms with Crippen LogP contribution in [-0.2, 0) is 6.42 Å². The Labute approximate surface area is 118 Å². The highest BCUT2D eigenvalue weighted by Crippen LogP contribution is 2.24. The lowest BCUT2D eigenvalue weighted by Gasteiger charge is -2.14. The second kappa shape index (κ2) is 8.21. The minimum Gasteiger partial charge on any atom is -0.494 e. The Hall–Kier alpha value is -1.02. The first-order valence-electron chi connectivity index (χ1n) is 7.57. The van der Waals surface area contributed by atoms with Crippen molar-refractivity contribution in [2.24, 2.45) is 5.73 Å². The van der Waals surface area contributed by atoms with Crippen LogP contribution in [0, 0.1) is 13.8 Å². The van der Waals surface area contributed by atoms with Gasteiger partial charge in [0.05, 0.1) is 6.61 Å². The molecule has 1 aromatic rings. The van der Waals surface area contributed by atoms with Gasteiger partial charge in [0.1, 0.15) is 5.75 Å². The largest absolute Gasteiger partial charge is 0.494 e. The summed E-state index contributed by atoms with van der Waals surface area (Å²) < 4.78 is 5.63. The summed E-state index contributed by atoms with van der Waals surface area (Å²) >= 11 is 0. The third kappa shape index (κ3) is 5.23. The predicted octanol–water partition coefficient (Wildman–Crippen LogP) is 4.15. The van der Waals surface area contributed by atoms with Gasteiger partial charge >= 0.3 is 0 Å². The molecular formula is C17H29NO. The number of rotatable bonds is 8. The molecule has 0 aliphatic rings. The van der Waals surface area contributed by atoms with Crippen LogP contribution in [0.4, 0.5) is 0 Å². The van der Waals surface area contributed by atoms with Crippen LogP contribution in [0.15, 0.2) is 12.1 Å². The van der Waals surface area contributed by atoms with Gasteiger partial charge in [0, 0.05) is 6.04 Å².